The number of benzene rings is 3. The van der Waals surface area contributed by atoms with E-state index in [9.17, 15) is 9.18 Å². The van der Waals surface area contributed by atoms with Crippen LogP contribution in [0.2, 0.25) is 0 Å². The first kappa shape index (κ1) is 20.7. The van der Waals surface area contributed by atoms with E-state index in [1.54, 1.807) is 19.2 Å². The molecule has 0 aliphatic rings. The van der Waals surface area contributed by atoms with Crippen LogP contribution in [0, 0.1) is 5.82 Å². The van der Waals surface area contributed by atoms with Crippen LogP contribution in [0.4, 0.5) is 4.39 Å². The van der Waals surface area contributed by atoms with Crippen LogP contribution in [0.15, 0.2) is 77.7 Å². The zero-order valence-corrected chi connectivity index (χ0v) is 16.9. The minimum absolute atomic E-state index is 0.0255. The summed E-state index contributed by atoms with van der Waals surface area (Å²) in [6, 6.07) is 21.4. The molecular formula is C23H22FNO3S. The summed E-state index contributed by atoms with van der Waals surface area (Å²) in [5, 5.41) is 2.91. The van der Waals surface area contributed by atoms with E-state index in [0.29, 0.717) is 18.9 Å². The molecule has 0 fully saturated rings. The minimum atomic E-state index is -0.262. The van der Waals surface area contributed by atoms with Gasteiger partial charge in [0.15, 0.2) is 0 Å². The summed E-state index contributed by atoms with van der Waals surface area (Å²) in [5.41, 5.74) is 1.89. The molecule has 0 saturated heterocycles. The zero-order chi connectivity index (χ0) is 20.5. The molecule has 0 bridgehead atoms. The molecule has 3 aromatic carbocycles. The number of halogens is 1. The van der Waals surface area contributed by atoms with Crippen molar-refractivity contribution < 1.29 is 18.7 Å². The van der Waals surface area contributed by atoms with Crippen LogP contribution in [-0.2, 0) is 17.9 Å². The van der Waals surface area contributed by atoms with Crippen molar-refractivity contribution in [3.63, 3.8) is 0 Å². The molecule has 4 nitrogen and oxygen atoms in total. The third-order valence-electron chi connectivity index (χ3n) is 4.16. The molecule has 0 aliphatic heterocycles. The van der Waals surface area contributed by atoms with Gasteiger partial charge in [0.05, 0.1) is 12.9 Å². The van der Waals surface area contributed by atoms with Crippen molar-refractivity contribution in [1.82, 2.24) is 5.32 Å². The first-order chi connectivity index (χ1) is 14.1. The molecule has 0 heterocycles. The van der Waals surface area contributed by atoms with Crippen LogP contribution in [0.3, 0.4) is 0 Å². The van der Waals surface area contributed by atoms with Crippen LogP contribution >= 0.6 is 11.8 Å². The van der Waals surface area contributed by atoms with E-state index in [-0.39, 0.29) is 11.7 Å². The van der Waals surface area contributed by atoms with Crippen molar-refractivity contribution in [2.75, 3.05) is 12.9 Å². The van der Waals surface area contributed by atoms with E-state index in [2.05, 4.69) is 5.32 Å². The second-order valence-corrected chi connectivity index (χ2v) is 7.35. The summed E-state index contributed by atoms with van der Waals surface area (Å²) in [5.74, 6) is 1.58. The van der Waals surface area contributed by atoms with Gasteiger partial charge in [-0.3, -0.25) is 4.79 Å². The number of thioether (sulfide) groups is 1. The Labute approximate surface area is 174 Å². The summed E-state index contributed by atoms with van der Waals surface area (Å²) in [4.78, 5) is 13.1. The number of ether oxygens (including phenoxy) is 2. The van der Waals surface area contributed by atoms with Gasteiger partial charge in [0.2, 0.25) is 5.91 Å². The molecule has 1 amide bonds. The molecule has 29 heavy (non-hydrogen) atoms. The fourth-order valence-corrected chi connectivity index (χ4v) is 3.25. The highest BCUT2D eigenvalue weighted by molar-refractivity contribution is 8.00. The van der Waals surface area contributed by atoms with E-state index < -0.39 is 0 Å². The summed E-state index contributed by atoms with van der Waals surface area (Å²) < 4.78 is 23.7. The van der Waals surface area contributed by atoms with Crippen LogP contribution in [0.1, 0.15) is 11.1 Å². The standard InChI is InChI=1S/C23H22FNO3S/c1-27-20-10-12-22(13-11-20)29-16-23(26)25-14-17-4-8-21(9-5-17)28-15-18-2-6-19(24)7-3-18/h2-13H,14-16H2,1H3,(H,25,26). The molecule has 0 saturated carbocycles. The first-order valence-corrected chi connectivity index (χ1v) is 10.1. The van der Waals surface area contributed by atoms with E-state index in [0.717, 1.165) is 27.5 Å². The SMILES string of the molecule is COc1ccc(SCC(=O)NCc2ccc(OCc3ccc(F)cc3)cc2)cc1. The lowest BCUT2D eigenvalue weighted by molar-refractivity contribution is -0.118. The molecule has 0 spiro atoms. The molecule has 3 rings (SSSR count). The van der Waals surface area contributed by atoms with Crippen molar-refractivity contribution in [3.8, 4) is 11.5 Å². The largest absolute Gasteiger partial charge is 0.497 e. The van der Waals surface area contributed by atoms with Crippen molar-refractivity contribution >= 4 is 17.7 Å². The average Bonchev–Trinajstić information content (AvgIpc) is 2.77. The van der Waals surface area contributed by atoms with Crippen LogP contribution < -0.4 is 14.8 Å². The van der Waals surface area contributed by atoms with Crippen LogP contribution in [0.25, 0.3) is 0 Å². The van der Waals surface area contributed by atoms with Gasteiger partial charge in [-0.2, -0.15) is 0 Å². The third kappa shape index (κ3) is 6.84. The summed E-state index contributed by atoms with van der Waals surface area (Å²) >= 11 is 1.48. The topological polar surface area (TPSA) is 47.6 Å². The summed E-state index contributed by atoms with van der Waals surface area (Å²) in [6.45, 7) is 0.833. The highest BCUT2D eigenvalue weighted by Crippen LogP contribution is 2.21. The maximum Gasteiger partial charge on any atom is 0.230 e. The second kappa shape index (κ2) is 10.5. The fraction of sp³-hybridized carbons (Fsp3) is 0.174. The molecule has 0 atom stereocenters. The predicted molar refractivity (Wildman–Crippen MR) is 113 cm³/mol. The molecular weight excluding hydrogens is 389 g/mol. The number of nitrogens with one attached hydrogen (secondary N) is 1. The predicted octanol–water partition coefficient (Wildman–Crippen LogP) is 4.82. The fourth-order valence-electron chi connectivity index (χ4n) is 2.52. The van der Waals surface area contributed by atoms with Gasteiger partial charge < -0.3 is 14.8 Å². The van der Waals surface area contributed by atoms with Crippen molar-refractivity contribution in [2.45, 2.75) is 18.0 Å². The molecule has 0 aromatic heterocycles. The molecule has 0 unspecified atom stereocenters. The molecule has 0 aliphatic carbocycles. The highest BCUT2D eigenvalue weighted by atomic mass is 32.2. The number of rotatable bonds is 9. The zero-order valence-electron chi connectivity index (χ0n) is 16.1. The Bertz CT molecular complexity index is 912. The van der Waals surface area contributed by atoms with Gasteiger partial charge >= 0.3 is 0 Å². The maximum atomic E-state index is 12.9. The number of methoxy groups -OCH3 is 1. The maximum absolute atomic E-state index is 12.9. The molecule has 150 valence electrons. The molecule has 1 N–H and O–H groups in total. The van der Waals surface area contributed by atoms with Crippen molar-refractivity contribution in [2.24, 2.45) is 0 Å². The normalized spacial score (nSPS) is 10.4. The number of hydrogen-bond acceptors (Lipinski definition) is 4. The van der Waals surface area contributed by atoms with E-state index >= 15 is 0 Å². The smallest absolute Gasteiger partial charge is 0.230 e. The van der Waals surface area contributed by atoms with Gasteiger partial charge in [0.25, 0.3) is 0 Å². The Balaban J connectivity index is 1.39. The van der Waals surface area contributed by atoms with Gasteiger partial charge in [-0.05, 0) is 59.7 Å². The Morgan fingerprint density at radius 2 is 1.52 bits per heavy atom. The minimum Gasteiger partial charge on any atom is -0.497 e. The van der Waals surface area contributed by atoms with Gasteiger partial charge in [-0.25, -0.2) is 4.39 Å². The van der Waals surface area contributed by atoms with Crippen LogP contribution in [0.5, 0.6) is 11.5 Å². The van der Waals surface area contributed by atoms with Gasteiger partial charge in [-0.1, -0.05) is 24.3 Å². The second-order valence-electron chi connectivity index (χ2n) is 6.30. The molecule has 3 aromatic rings. The highest BCUT2D eigenvalue weighted by Gasteiger charge is 2.04. The lowest BCUT2D eigenvalue weighted by Gasteiger charge is -2.09. The third-order valence-corrected chi connectivity index (χ3v) is 5.17. The van der Waals surface area contributed by atoms with Crippen molar-refractivity contribution in [3.05, 3.63) is 89.7 Å². The van der Waals surface area contributed by atoms with Gasteiger partial charge in [0.1, 0.15) is 23.9 Å². The quantitative estimate of drug-likeness (QED) is 0.513. The monoisotopic (exact) mass is 411 g/mol. The van der Waals surface area contributed by atoms with Gasteiger partial charge in [-0.15, -0.1) is 11.8 Å². The lowest BCUT2D eigenvalue weighted by atomic mass is 10.2. The summed E-state index contributed by atoms with van der Waals surface area (Å²) in [7, 11) is 1.62. The number of carbonyl (C=O) groups is 1. The Hall–Kier alpha value is -2.99. The summed E-state index contributed by atoms with van der Waals surface area (Å²) in [6.07, 6.45) is 0. The van der Waals surface area contributed by atoms with Crippen molar-refractivity contribution in [1.29, 1.82) is 0 Å². The van der Waals surface area contributed by atoms with E-state index in [1.165, 1.54) is 23.9 Å². The first-order valence-electron chi connectivity index (χ1n) is 9.12. The molecule has 6 heteroatoms. The number of carbonyl (C=O) groups excluding carboxylic acids is 1. The van der Waals surface area contributed by atoms with E-state index in [4.69, 9.17) is 9.47 Å². The average molecular weight is 411 g/mol. The Morgan fingerprint density at radius 1 is 0.897 bits per heavy atom. The lowest BCUT2D eigenvalue weighted by Crippen LogP contribution is -2.24. The Kier molecular flexibility index (Phi) is 7.53. The van der Waals surface area contributed by atoms with E-state index in [1.807, 2.05) is 48.5 Å². The molecule has 0 radical (unpaired) electrons. The number of amides is 1. The number of hydrogen-bond donors (Lipinski definition) is 1. The van der Waals surface area contributed by atoms with Gasteiger partial charge in [0, 0.05) is 11.4 Å². The van der Waals surface area contributed by atoms with Crippen LogP contribution in [-0.4, -0.2) is 18.8 Å². The Morgan fingerprint density at radius 3 is 2.17 bits per heavy atom.